The monoisotopic (exact) mass is 754 g/mol. The van der Waals surface area contributed by atoms with Crippen LogP contribution in [0, 0.1) is 0 Å². The van der Waals surface area contributed by atoms with Crippen molar-refractivity contribution in [3.05, 3.63) is 117 Å². The largest absolute Gasteiger partial charge is 0.491 e. The molecule has 11 heteroatoms. The molecule has 0 unspecified atom stereocenters. The average Bonchev–Trinajstić information content (AvgIpc) is 3.17. The average molecular weight is 755 g/mol. The minimum absolute atomic E-state index is 0.230. The number of carbonyl (C=O) groups excluding carboxylic acids is 2. The Labute approximate surface area is 322 Å². The summed E-state index contributed by atoms with van der Waals surface area (Å²) in [5, 5.41) is 0. The lowest BCUT2D eigenvalue weighted by molar-refractivity contribution is -0.146. The van der Waals surface area contributed by atoms with Crippen molar-refractivity contribution >= 4 is 11.9 Å². The summed E-state index contributed by atoms with van der Waals surface area (Å²) >= 11 is 0. The summed E-state index contributed by atoms with van der Waals surface area (Å²) < 4.78 is 53.8. The maximum absolute atomic E-state index is 12.6. The fourth-order valence-corrected chi connectivity index (χ4v) is 6.84. The zero-order valence-corrected chi connectivity index (χ0v) is 31.7. The molecule has 0 N–H and O–H groups in total. The highest BCUT2D eigenvalue weighted by Crippen LogP contribution is 2.39. The molecule has 0 amide bonds. The lowest BCUT2D eigenvalue weighted by Crippen LogP contribution is -2.17. The van der Waals surface area contributed by atoms with Crippen LogP contribution in [0.2, 0.25) is 0 Å². The number of hydrogen-bond donors (Lipinski definition) is 0. The van der Waals surface area contributed by atoms with Gasteiger partial charge in [0.1, 0.15) is 36.2 Å². The first kappa shape index (κ1) is 39.6. The molecule has 10 bridgehead atoms. The summed E-state index contributed by atoms with van der Waals surface area (Å²) in [5.74, 6) is 1.79. The predicted molar refractivity (Wildman–Crippen MR) is 205 cm³/mol. The number of para-hydroxylation sites is 4. The van der Waals surface area contributed by atoms with Gasteiger partial charge in [-0.3, -0.25) is 0 Å². The van der Waals surface area contributed by atoms with Crippen LogP contribution in [0.25, 0.3) is 0 Å². The first-order valence-electron chi connectivity index (χ1n) is 19.0. The summed E-state index contributed by atoms with van der Waals surface area (Å²) in [4.78, 5) is 25.2. The Hall–Kier alpha value is -5.10. The number of benzene rings is 4. The first-order chi connectivity index (χ1) is 27.0. The SMILES string of the molecule is CCOC(=O)COc1c2cccc1Cc1cccc3c1OCCOCCOCCOCCOc1c(cccc1Cc1cccc(c1OCC(=O)OCC)C3)C2. The van der Waals surface area contributed by atoms with E-state index in [9.17, 15) is 9.59 Å². The third-order valence-corrected chi connectivity index (χ3v) is 9.21. The van der Waals surface area contributed by atoms with Gasteiger partial charge in [-0.1, -0.05) is 72.8 Å². The smallest absolute Gasteiger partial charge is 0.344 e. The molecule has 1 aliphatic carbocycles. The number of fused-ring (bicyclic) bond motifs is 2. The van der Waals surface area contributed by atoms with E-state index in [1.54, 1.807) is 13.8 Å². The summed E-state index contributed by atoms with van der Waals surface area (Å²) in [6, 6.07) is 24.3. The van der Waals surface area contributed by atoms with Gasteiger partial charge in [0.2, 0.25) is 0 Å². The summed E-state index contributed by atoms with van der Waals surface area (Å²) in [7, 11) is 0. The van der Waals surface area contributed by atoms with Crippen molar-refractivity contribution in [1.82, 2.24) is 0 Å². The number of hydrogen-bond acceptors (Lipinski definition) is 11. The van der Waals surface area contributed by atoms with Crippen molar-refractivity contribution in [2.75, 3.05) is 79.3 Å². The van der Waals surface area contributed by atoms with Crippen LogP contribution in [0.3, 0.4) is 0 Å². The Morgan fingerprint density at radius 3 is 1.05 bits per heavy atom. The van der Waals surface area contributed by atoms with E-state index in [2.05, 4.69) is 0 Å². The first-order valence-corrected chi connectivity index (χ1v) is 19.0. The molecule has 6 rings (SSSR count). The van der Waals surface area contributed by atoms with Crippen LogP contribution in [-0.4, -0.2) is 91.2 Å². The fraction of sp³-hybridized carbons (Fsp3) is 0.409. The van der Waals surface area contributed by atoms with Gasteiger partial charge in [-0.15, -0.1) is 0 Å². The molecule has 0 saturated carbocycles. The van der Waals surface area contributed by atoms with Crippen LogP contribution in [-0.2, 0) is 59.0 Å². The van der Waals surface area contributed by atoms with E-state index in [1.165, 1.54) is 0 Å². The van der Waals surface area contributed by atoms with Crippen LogP contribution in [0.1, 0.15) is 58.4 Å². The summed E-state index contributed by atoms with van der Waals surface area (Å²) in [6.45, 7) is 6.66. The Bertz CT molecular complexity index is 1670. The maximum Gasteiger partial charge on any atom is 0.344 e. The minimum Gasteiger partial charge on any atom is -0.491 e. The van der Waals surface area contributed by atoms with E-state index < -0.39 is 11.9 Å². The molecule has 0 saturated heterocycles. The lowest BCUT2D eigenvalue weighted by Gasteiger charge is -2.22. The van der Waals surface area contributed by atoms with Crippen molar-refractivity contribution in [2.45, 2.75) is 39.5 Å². The van der Waals surface area contributed by atoms with E-state index in [0.29, 0.717) is 90.0 Å². The number of rotatable bonds is 8. The Morgan fingerprint density at radius 1 is 0.455 bits per heavy atom. The molecule has 4 aromatic rings. The highest BCUT2D eigenvalue weighted by Gasteiger charge is 2.23. The molecule has 0 atom stereocenters. The fourth-order valence-electron chi connectivity index (χ4n) is 6.84. The van der Waals surface area contributed by atoms with E-state index in [1.807, 2.05) is 72.8 Å². The second-order valence-corrected chi connectivity index (χ2v) is 13.1. The molecule has 0 spiro atoms. The molecule has 0 fully saturated rings. The summed E-state index contributed by atoms with van der Waals surface area (Å²) in [5.41, 5.74) is 7.29. The van der Waals surface area contributed by atoms with Gasteiger partial charge < -0.3 is 42.6 Å². The normalized spacial score (nSPS) is 15.1. The van der Waals surface area contributed by atoms with Gasteiger partial charge in [0.25, 0.3) is 0 Å². The molecule has 11 nitrogen and oxygen atoms in total. The van der Waals surface area contributed by atoms with E-state index >= 15 is 0 Å². The van der Waals surface area contributed by atoms with Crippen LogP contribution in [0.15, 0.2) is 72.8 Å². The molecule has 55 heavy (non-hydrogen) atoms. The van der Waals surface area contributed by atoms with Crippen molar-refractivity contribution in [3.8, 4) is 23.0 Å². The van der Waals surface area contributed by atoms with Crippen molar-refractivity contribution in [2.24, 2.45) is 0 Å². The Morgan fingerprint density at radius 2 is 0.745 bits per heavy atom. The molecule has 4 aromatic carbocycles. The second-order valence-electron chi connectivity index (χ2n) is 13.1. The van der Waals surface area contributed by atoms with Crippen molar-refractivity contribution in [3.63, 3.8) is 0 Å². The predicted octanol–water partition coefficient (Wildman–Crippen LogP) is 6.07. The molecular weight excluding hydrogens is 704 g/mol. The quantitative estimate of drug-likeness (QED) is 0.172. The number of ether oxygens (including phenoxy) is 9. The van der Waals surface area contributed by atoms with Gasteiger partial charge in [0.05, 0.1) is 52.9 Å². The van der Waals surface area contributed by atoms with Crippen LogP contribution >= 0.6 is 0 Å². The van der Waals surface area contributed by atoms with Gasteiger partial charge in [-0.2, -0.15) is 0 Å². The van der Waals surface area contributed by atoms with Crippen molar-refractivity contribution < 1.29 is 52.2 Å². The Balaban J connectivity index is 1.52. The van der Waals surface area contributed by atoms with Crippen LogP contribution in [0.5, 0.6) is 23.0 Å². The number of carbonyl (C=O) groups is 2. The highest BCUT2D eigenvalue weighted by atomic mass is 16.6. The molecule has 1 heterocycles. The van der Waals surface area contributed by atoms with Gasteiger partial charge in [-0.05, 0) is 58.4 Å². The highest BCUT2D eigenvalue weighted by molar-refractivity contribution is 5.72. The number of esters is 2. The minimum atomic E-state index is -0.442. The van der Waals surface area contributed by atoms with Crippen LogP contribution in [0.4, 0.5) is 0 Å². The van der Waals surface area contributed by atoms with Gasteiger partial charge in [-0.25, -0.2) is 9.59 Å². The Kier molecular flexibility index (Phi) is 14.8. The molecular formula is C44H50O11. The third-order valence-electron chi connectivity index (χ3n) is 9.21. The zero-order valence-electron chi connectivity index (χ0n) is 31.7. The third kappa shape index (κ3) is 11.0. The summed E-state index contributed by atoms with van der Waals surface area (Å²) in [6.07, 6.45) is 1.82. The topological polar surface area (TPSA) is 117 Å². The second kappa shape index (κ2) is 20.5. The molecule has 1 aliphatic heterocycles. The van der Waals surface area contributed by atoms with Crippen LogP contribution < -0.4 is 18.9 Å². The molecule has 0 aromatic heterocycles. The van der Waals surface area contributed by atoms with E-state index in [4.69, 9.17) is 42.6 Å². The van der Waals surface area contributed by atoms with Crippen molar-refractivity contribution in [1.29, 1.82) is 0 Å². The van der Waals surface area contributed by atoms with E-state index in [-0.39, 0.29) is 26.4 Å². The molecule has 0 radical (unpaired) electrons. The van der Waals surface area contributed by atoms with Gasteiger partial charge in [0, 0.05) is 25.7 Å². The zero-order chi connectivity index (χ0) is 38.2. The van der Waals surface area contributed by atoms with E-state index in [0.717, 1.165) is 56.0 Å². The standard InChI is InChI=1S/C44H50O11/c1-3-50-39(45)29-54-43-35-13-7-14-36(43)26-32-10-6-12-34-28-38-16-8-15-37(44(38)55-30-40(46)51-4-2)27-33-11-5-9-31(25-35)41(33)52-23-21-48-19-17-47-18-20-49-22-24-53-42(32)34/h5-16H,3-4,17-30H2,1-2H3. The van der Waals surface area contributed by atoms with Gasteiger partial charge >= 0.3 is 11.9 Å². The lowest BCUT2D eigenvalue weighted by atomic mass is 9.91. The molecule has 292 valence electrons. The maximum atomic E-state index is 12.6. The molecule has 2 aliphatic rings. The van der Waals surface area contributed by atoms with Gasteiger partial charge in [0.15, 0.2) is 13.2 Å².